The molecular weight excluding hydrogens is 319 g/mol. The number of rotatable bonds is 6. The van der Waals surface area contributed by atoms with Gasteiger partial charge in [0.15, 0.2) is 0 Å². The molecule has 3 rings (SSSR count). The summed E-state index contributed by atoms with van der Waals surface area (Å²) in [5, 5.41) is 18.3. The van der Waals surface area contributed by atoms with Gasteiger partial charge in [0.25, 0.3) is 0 Å². The average Bonchev–Trinajstić information content (AvgIpc) is 3.01. The lowest BCUT2D eigenvalue weighted by Crippen LogP contribution is -2.29. The smallest absolute Gasteiger partial charge is 0.123 e. The molecule has 1 aliphatic rings. The number of aliphatic hydroxyl groups excluding tert-OH is 1. The average molecular weight is 340 g/mol. The Bertz CT molecular complexity index is 785. The summed E-state index contributed by atoms with van der Waals surface area (Å²) in [6, 6.07) is 14.2. The first-order valence-corrected chi connectivity index (χ1v) is 8.32. The molecule has 0 bridgehead atoms. The molecule has 4 nitrogen and oxygen atoms in total. The van der Waals surface area contributed by atoms with E-state index in [1.165, 1.54) is 12.1 Å². The van der Waals surface area contributed by atoms with Crippen LogP contribution in [0.15, 0.2) is 42.5 Å². The van der Waals surface area contributed by atoms with Crippen molar-refractivity contribution in [3.05, 3.63) is 70.5 Å². The highest BCUT2D eigenvalue weighted by atomic mass is 19.1. The molecule has 1 unspecified atom stereocenters. The normalized spacial score (nSPS) is 19.0. The van der Waals surface area contributed by atoms with Crippen molar-refractivity contribution in [2.45, 2.75) is 25.0 Å². The van der Waals surface area contributed by atoms with E-state index >= 15 is 0 Å². The molecule has 2 aromatic carbocycles. The lowest BCUT2D eigenvalue weighted by atomic mass is 9.81. The molecular formula is C20H21FN2O2. The number of nitrogens with zero attached hydrogens (tertiary/aromatic N) is 2. The number of hydrogen-bond acceptors (Lipinski definition) is 4. The lowest BCUT2D eigenvalue weighted by Gasteiger charge is -2.31. The Hall–Kier alpha value is -2.26. The van der Waals surface area contributed by atoms with Crippen molar-refractivity contribution < 1.29 is 14.2 Å². The summed E-state index contributed by atoms with van der Waals surface area (Å²) in [6.45, 7) is 1.17. The van der Waals surface area contributed by atoms with Gasteiger partial charge in [-0.25, -0.2) is 4.39 Å². The van der Waals surface area contributed by atoms with Gasteiger partial charge in [-0.15, -0.1) is 0 Å². The summed E-state index contributed by atoms with van der Waals surface area (Å²) < 4.78 is 19.6. The van der Waals surface area contributed by atoms with Crippen LogP contribution < -0.4 is 0 Å². The van der Waals surface area contributed by atoms with Crippen LogP contribution in [0.25, 0.3) is 0 Å². The van der Waals surface area contributed by atoms with Crippen molar-refractivity contribution in [3.8, 4) is 6.07 Å². The van der Waals surface area contributed by atoms with Crippen LogP contribution in [-0.4, -0.2) is 30.3 Å². The van der Waals surface area contributed by atoms with Gasteiger partial charge in [-0.05, 0) is 60.8 Å². The standard InChI is InChI=1S/C20H21FN2O2/c1-23(14-24)10-2-9-20(17-4-6-18(21)7-5-17)19-8-3-15(12-22)11-16(19)13-25-20/h3-8,11,24H,2,9-10,13-14H2,1H3. The molecule has 5 heteroatoms. The van der Waals surface area contributed by atoms with E-state index in [0.717, 1.165) is 29.7 Å². The monoisotopic (exact) mass is 340 g/mol. The summed E-state index contributed by atoms with van der Waals surface area (Å²) in [5.74, 6) is -0.281. The highest BCUT2D eigenvalue weighted by molar-refractivity contribution is 5.47. The zero-order valence-electron chi connectivity index (χ0n) is 14.2. The molecule has 25 heavy (non-hydrogen) atoms. The Labute approximate surface area is 147 Å². The molecule has 1 N–H and O–H groups in total. The summed E-state index contributed by atoms with van der Waals surface area (Å²) in [7, 11) is 1.85. The Balaban J connectivity index is 1.97. The van der Waals surface area contributed by atoms with E-state index in [1.807, 2.05) is 24.1 Å². The summed E-state index contributed by atoms with van der Waals surface area (Å²) >= 11 is 0. The fourth-order valence-corrected chi connectivity index (χ4v) is 3.43. The second-order valence-corrected chi connectivity index (χ2v) is 6.43. The minimum absolute atomic E-state index is 0.00647. The number of hydrogen-bond donors (Lipinski definition) is 1. The highest BCUT2D eigenvalue weighted by Crippen LogP contribution is 2.45. The van der Waals surface area contributed by atoms with Gasteiger partial charge in [-0.1, -0.05) is 18.2 Å². The molecule has 0 fully saturated rings. The van der Waals surface area contributed by atoms with Crippen molar-refractivity contribution >= 4 is 0 Å². The maximum absolute atomic E-state index is 13.4. The Kier molecular flexibility index (Phi) is 5.14. The zero-order valence-corrected chi connectivity index (χ0v) is 14.2. The first kappa shape index (κ1) is 17.6. The van der Waals surface area contributed by atoms with Gasteiger partial charge in [-0.2, -0.15) is 5.26 Å². The third kappa shape index (κ3) is 3.42. The highest BCUT2D eigenvalue weighted by Gasteiger charge is 2.41. The van der Waals surface area contributed by atoms with Crippen molar-refractivity contribution in [1.82, 2.24) is 4.90 Å². The molecule has 1 heterocycles. The topological polar surface area (TPSA) is 56.5 Å². The maximum atomic E-state index is 13.4. The van der Waals surface area contributed by atoms with Gasteiger partial charge in [0, 0.05) is 6.54 Å². The molecule has 1 aliphatic heterocycles. The van der Waals surface area contributed by atoms with Crippen molar-refractivity contribution in [2.24, 2.45) is 0 Å². The van der Waals surface area contributed by atoms with Crippen LogP contribution in [0.4, 0.5) is 4.39 Å². The third-order valence-corrected chi connectivity index (χ3v) is 4.76. The van der Waals surface area contributed by atoms with Crippen molar-refractivity contribution in [3.63, 3.8) is 0 Å². The van der Waals surface area contributed by atoms with Gasteiger partial charge in [0.2, 0.25) is 0 Å². The molecule has 130 valence electrons. The Morgan fingerprint density at radius 2 is 2.04 bits per heavy atom. The largest absolute Gasteiger partial charge is 0.381 e. The minimum Gasteiger partial charge on any atom is -0.381 e. The van der Waals surface area contributed by atoms with E-state index in [1.54, 1.807) is 18.2 Å². The van der Waals surface area contributed by atoms with Gasteiger partial charge >= 0.3 is 0 Å². The van der Waals surface area contributed by atoms with Gasteiger partial charge in [-0.3, -0.25) is 4.90 Å². The molecule has 0 saturated heterocycles. The molecule has 0 aromatic heterocycles. The zero-order chi connectivity index (χ0) is 17.9. The lowest BCUT2D eigenvalue weighted by molar-refractivity contribution is -0.0154. The molecule has 0 saturated carbocycles. The fourth-order valence-electron chi connectivity index (χ4n) is 3.43. The number of nitriles is 1. The van der Waals surface area contributed by atoms with Gasteiger partial charge < -0.3 is 9.84 Å². The summed E-state index contributed by atoms with van der Waals surface area (Å²) in [6.07, 6.45) is 1.52. The van der Waals surface area contributed by atoms with Crippen LogP contribution in [-0.2, 0) is 16.9 Å². The number of ether oxygens (including phenoxy) is 1. The van der Waals surface area contributed by atoms with Gasteiger partial charge in [0.05, 0.1) is 25.0 Å². The van der Waals surface area contributed by atoms with E-state index in [2.05, 4.69) is 6.07 Å². The predicted octanol–water partition coefficient (Wildman–Crippen LogP) is 3.13. The quantitative estimate of drug-likeness (QED) is 0.821. The number of fused-ring (bicyclic) bond motifs is 1. The van der Waals surface area contributed by atoms with Gasteiger partial charge in [0.1, 0.15) is 11.4 Å². The number of halogens is 1. The van der Waals surface area contributed by atoms with E-state index < -0.39 is 5.60 Å². The fraction of sp³-hybridized carbons (Fsp3) is 0.350. The molecule has 0 aliphatic carbocycles. The van der Waals surface area contributed by atoms with Crippen molar-refractivity contribution in [1.29, 1.82) is 5.26 Å². The van der Waals surface area contributed by atoms with Crippen LogP contribution in [0.2, 0.25) is 0 Å². The predicted molar refractivity (Wildman–Crippen MR) is 92.1 cm³/mol. The summed E-state index contributed by atoms with van der Waals surface area (Å²) in [4.78, 5) is 1.83. The molecule has 0 amide bonds. The first-order chi connectivity index (χ1) is 12.1. The van der Waals surface area contributed by atoms with Crippen LogP contribution in [0.3, 0.4) is 0 Å². The third-order valence-electron chi connectivity index (χ3n) is 4.76. The molecule has 0 spiro atoms. The van der Waals surface area contributed by atoms with Crippen molar-refractivity contribution in [2.75, 3.05) is 20.3 Å². The molecule has 0 radical (unpaired) electrons. The second kappa shape index (κ2) is 7.32. The Morgan fingerprint density at radius 3 is 2.72 bits per heavy atom. The maximum Gasteiger partial charge on any atom is 0.123 e. The molecule has 1 atom stereocenters. The van der Waals surface area contributed by atoms with Crippen LogP contribution in [0, 0.1) is 17.1 Å². The SMILES string of the molecule is CN(CO)CCCC1(c2ccc(F)cc2)OCc2cc(C#N)ccc21. The second-order valence-electron chi connectivity index (χ2n) is 6.43. The summed E-state index contributed by atoms with van der Waals surface area (Å²) in [5.41, 5.74) is 2.90. The van der Waals surface area contributed by atoms with Crippen LogP contribution >= 0.6 is 0 Å². The van der Waals surface area contributed by atoms with E-state index in [0.29, 0.717) is 18.6 Å². The molecule has 2 aromatic rings. The van der Waals surface area contributed by atoms with E-state index in [-0.39, 0.29) is 12.5 Å². The van der Waals surface area contributed by atoms with E-state index in [4.69, 9.17) is 10.00 Å². The Morgan fingerprint density at radius 1 is 1.28 bits per heavy atom. The minimum atomic E-state index is -0.646. The number of aliphatic hydroxyl groups is 1. The first-order valence-electron chi connectivity index (χ1n) is 8.32. The number of benzene rings is 2. The van der Waals surface area contributed by atoms with Crippen LogP contribution in [0.5, 0.6) is 0 Å². The van der Waals surface area contributed by atoms with E-state index in [9.17, 15) is 9.50 Å². The van der Waals surface area contributed by atoms with Crippen LogP contribution in [0.1, 0.15) is 35.1 Å².